The average Bonchev–Trinajstić information content (AvgIpc) is 2.53. The third-order valence-corrected chi connectivity index (χ3v) is 4.38. The van der Waals surface area contributed by atoms with Gasteiger partial charge in [0.2, 0.25) is 5.39 Å². The second-order valence-electron chi connectivity index (χ2n) is 3.76. The van der Waals surface area contributed by atoms with E-state index in [-0.39, 0.29) is 5.76 Å². The van der Waals surface area contributed by atoms with Gasteiger partial charge in [-0.05, 0) is 11.6 Å². The van der Waals surface area contributed by atoms with Crippen molar-refractivity contribution in [1.29, 1.82) is 5.39 Å². The highest BCUT2D eigenvalue weighted by Crippen LogP contribution is 2.56. The molecule has 0 heterocycles. The molecule has 0 saturated heterocycles. The molecule has 112 valence electrons. The third-order valence-electron chi connectivity index (χ3n) is 2.60. The van der Waals surface area contributed by atoms with Gasteiger partial charge >= 0.3 is 13.0 Å². The molecule has 1 aromatic rings. The molecule has 1 aromatic carbocycles. The second-order valence-corrected chi connectivity index (χ2v) is 5.91. The van der Waals surface area contributed by atoms with Crippen LogP contribution in [0.4, 0.5) is 0 Å². The van der Waals surface area contributed by atoms with Crippen LogP contribution in [0.1, 0.15) is 5.56 Å². The van der Waals surface area contributed by atoms with Gasteiger partial charge in [0.25, 0.3) is 5.76 Å². The van der Waals surface area contributed by atoms with Crippen molar-refractivity contribution in [3.05, 3.63) is 57.8 Å². The summed E-state index contributed by atoms with van der Waals surface area (Å²) in [6.07, 6.45) is 1.48. The zero-order chi connectivity index (χ0) is 15.9. The Labute approximate surface area is 122 Å². The lowest BCUT2D eigenvalue weighted by Crippen LogP contribution is -1.99. The largest absolute Gasteiger partial charge is 0.515 e. The summed E-state index contributed by atoms with van der Waals surface area (Å²) in [6.45, 7) is 0. The van der Waals surface area contributed by atoms with Crippen LogP contribution in [0.2, 0.25) is 0 Å². The number of methoxy groups -OCH3 is 1. The molecule has 0 unspecified atom stereocenters. The molecule has 0 aromatic heterocycles. The summed E-state index contributed by atoms with van der Waals surface area (Å²) in [7, 11) is -0.403. The van der Waals surface area contributed by atoms with E-state index in [4.69, 9.17) is 10.1 Å². The van der Waals surface area contributed by atoms with E-state index in [1.54, 1.807) is 24.3 Å². The topological polar surface area (TPSA) is 93.1 Å². The predicted octanol–water partition coefficient (Wildman–Crippen LogP) is 3.74. The van der Waals surface area contributed by atoms with E-state index in [2.05, 4.69) is 14.0 Å². The van der Waals surface area contributed by atoms with Gasteiger partial charge in [-0.25, -0.2) is 4.57 Å². The maximum Gasteiger partial charge on any atom is 0.515 e. The lowest BCUT2D eigenvalue weighted by molar-refractivity contribution is 0.253. The van der Waals surface area contributed by atoms with E-state index < -0.39 is 18.8 Å². The fourth-order valence-corrected chi connectivity index (χ4v) is 2.49. The van der Waals surface area contributed by atoms with Gasteiger partial charge in [0.05, 0.1) is 7.11 Å². The Hall–Kier alpha value is -2.13. The van der Waals surface area contributed by atoms with Crippen LogP contribution < -0.4 is 0 Å². The standard InChI is InChI=1S/C13H15N2O5P/c1-18-11(9-10-7-5-4-6-8-10)12(16)13(15-14)21(17,19-2)20-3/h4-9H,1-3H3/p+1/b11-9+. The molecular formula is C13H16N2O5P+. The first-order valence-corrected chi connectivity index (χ1v) is 7.38. The molecule has 0 radical (unpaired) electrons. The van der Waals surface area contributed by atoms with Crippen molar-refractivity contribution in [2.24, 2.45) is 0 Å². The maximum absolute atomic E-state index is 12.2. The Morgan fingerprint density at radius 1 is 1.24 bits per heavy atom. The number of aliphatic hydroxyl groups excluding tert-OH is 1. The monoisotopic (exact) mass is 311 g/mol. The van der Waals surface area contributed by atoms with Crippen molar-refractivity contribution in [3.8, 4) is 0 Å². The highest BCUT2D eigenvalue weighted by atomic mass is 31.2. The zero-order valence-electron chi connectivity index (χ0n) is 11.9. The molecule has 1 N–H and O–H groups in total. The van der Waals surface area contributed by atoms with Gasteiger partial charge in [-0.3, -0.25) is 0 Å². The summed E-state index contributed by atoms with van der Waals surface area (Å²) in [6, 6.07) is 8.97. The zero-order valence-corrected chi connectivity index (χ0v) is 12.8. The van der Waals surface area contributed by atoms with Crippen LogP contribution in [0.5, 0.6) is 0 Å². The molecule has 0 spiro atoms. The van der Waals surface area contributed by atoms with Crippen LogP contribution in [0, 0.1) is 5.39 Å². The number of hydrogen-bond donors (Lipinski definition) is 1. The summed E-state index contributed by atoms with van der Waals surface area (Å²) < 4.78 is 26.6. The molecule has 0 atom stereocenters. The summed E-state index contributed by atoms with van der Waals surface area (Å²) in [5.41, 5.74) is 0.0828. The molecule has 0 aliphatic heterocycles. The summed E-state index contributed by atoms with van der Waals surface area (Å²) in [5, 5.41) is 19.1. The van der Waals surface area contributed by atoms with E-state index in [0.717, 1.165) is 19.8 Å². The fraction of sp³-hybridized carbons (Fsp3) is 0.231. The van der Waals surface area contributed by atoms with Gasteiger partial charge in [-0.1, -0.05) is 30.3 Å². The van der Waals surface area contributed by atoms with Gasteiger partial charge in [-0.15, -0.1) is 0 Å². The number of rotatable bonds is 6. The van der Waals surface area contributed by atoms with Crippen molar-refractivity contribution in [2.45, 2.75) is 0 Å². The lowest BCUT2D eigenvalue weighted by atomic mass is 10.2. The number of diazo groups is 1. The first-order valence-electron chi connectivity index (χ1n) is 5.84. The van der Waals surface area contributed by atoms with E-state index in [0.29, 0.717) is 0 Å². The SMILES string of the molecule is COC(=C/c1ccccc1)/C(O)=C(\[N+]#N)P(=O)(OC)OC. The minimum Gasteiger partial charge on any atom is -0.498 e. The van der Waals surface area contributed by atoms with Crippen molar-refractivity contribution in [1.82, 2.24) is 0 Å². The number of ether oxygens (including phenoxy) is 1. The minimum absolute atomic E-state index is 0.0525. The van der Waals surface area contributed by atoms with Gasteiger partial charge in [0, 0.05) is 14.2 Å². The predicted molar refractivity (Wildman–Crippen MR) is 77.8 cm³/mol. The first kappa shape index (κ1) is 16.9. The minimum atomic E-state index is -3.93. The van der Waals surface area contributed by atoms with Crippen LogP contribution in [-0.4, -0.2) is 26.4 Å². The second kappa shape index (κ2) is 7.60. The highest BCUT2D eigenvalue weighted by molar-refractivity contribution is 7.58. The maximum atomic E-state index is 12.2. The molecule has 0 aliphatic carbocycles. The fourth-order valence-electron chi connectivity index (χ4n) is 1.51. The van der Waals surface area contributed by atoms with Crippen molar-refractivity contribution < 1.29 is 23.5 Å². The molecule has 0 bridgehead atoms. The lowest BCUT2D eigenvalue weighted by Gasteiger charge is -2.08. The quantitative estimate of drug-likeness (QED) is 0.372. The molecule has 0 aliphatic rings. The summed E-state index contributed by atoms with van der Waals surface area (Å²) in [4.78, 5) is 2.81. The summed E-state index contributed by atoms with van der Waals surface area (Å²) in [5.74, 6) is -0.695. The molecule has 1 rings (SSSR count). The Kier molecular flexibility index (Phi) is 6.12. The first-order chi connectivity index (χ1) is 10.0. The van der Waals surface area contributed by atoms with Crippen molar-refractivity contribution in [2.75, 3.05) is 21.3 Å². The number of hydrogen-bond acceptors (Lipinski definition) is 6. The molecule has 0 amide bonds. The van der Waals surface area contributed by atoms with Crippen LogP contribution in [0.25, 0.3) is 11.1 Å². The van der Waals surface area contributed by atoms with Crippen LogP contribution in [-0.2, 0) is 18.3 Å². The van der Waals surface area contributed by atoms with Gasteiger partial charge in [0.15, 0.2) is 10.7 Å². The Morgan fingerprint density at radius 2 is 1.81 bits per heavy atom. The number of benzene rings is 1. The van der Waals surface area contributed by atoms with Crippen molar-refractivity contribution >= 4 is 13.7 Å². The van der Waals surface area contributed by atoms with Gasteiger partial charge in [-0.2, -0.15) is 0 Å². The van der Waals surface area contributed by atoms with Crippen LogP contribution in [0.15, 0.2) is 47.3 Å². The molecule has 0 fully saturated rings. The van der Waals surface area contributed by atoms with Gasteiger partial charge < -0.3 is 18.9 Å². The van der Waals surface area contributed by atoms with Crippen LogP contribution >= 0.6 is 7.60 Å². The number of nitrogens with zero attached hydrogens (tertiary/aromatic N) is 2. The highest BCUT2D eigenvalue weighted by Gasteiger charge is 2.45. The third kappa shape index (κ3) is 3.92. The Balaban J connectivity index is 3.38. The van der Waals surface area contributed by atoms with E-state index in [1.807, 2.05) is 6.07 Å². The van der Waals surface area contributed by atoms with E-state index >= 15 is 0 Å². The van der Waals surface area contributed by atoms with Crippen molar-refractivity contribution in [3.63, 3.8) is 0 Å². The summed E-state index contributed by atoms with van der Waals surface area (Å²) >= 11 is 0. The Bertz CT molecular complexity index is 626. The molecular weight excluding hydrogens is 295 g/mol. The molecule has 7 nitrogen and oxygen atoms in total. The molecule has 0 saturated carbocycles. The van der Waals surface area contributed by atoms with E-state index in [1.165, 1.54) is 13.2 Å². The normalized spacial score (nSPS) is 13.3. The molecule has 21 heavy (non-hydrogen) atoms. The Morgan fingerprint density at radius 3 is 2.24 bits per heavy atom. The number of aliphatic hydroxyl groups is 1. The molecule has 8 heteroatoms. The van der Waals surface area contributed by atoms with Gasteiger partial charge in [0.1, 0.15) is 0 Å². The van der Waals surface area contributed by atoms with E-state index in [9.17, 15) is 9.67 Å². The van der Waals surface area contributed by atoms with Crippen LogP contribution in [0.3, 0.4) is 0 Å². The smallest absolute Gasteiger partial charge is 0.498 e. The average molecular weight is 311 g/mol.